The maximum absolute atomic E-state index is 11.4. The lowest BCUT2D eigenvalue weighted by Gasteiger charge is -2.22. The van der Waals surface area contributed by atoms with Gasteiger partial charge in [0, 0.05) is 26.2 Å². The topological polar surface area (TPSA) is 55.6 Å². The average Bonchev–Trinajstić information content (AvgIpc) is 2.56. The predicted octanol–water partition coefficient (Wildman–Crippen LogP) is 2.43. The molecule has 0 amide bonds. The van der Waals surface area contributed by atoms with Gasteiger partial charge in [0.05, 0.1) is 12.7 Å². The van der Waals surface area contributed by atoms with Gasteiger partial charge >= 0.3 is 5.97 Å². The number of benzene rings is 2. The Kier molecular flexibility index (Phi) is 6.13. The van der Waals surface area contributed by atoms with E-state index in [0.717, 1.165) is 25.2 Å². The van der Waals surface area contributed by atoms with Crippen molar-refractivity contribution >= 4 is 5.97 Å². The molecule has 0 fully saturated rings. The van der Waals surface area contributed by atoms with E-state index in [0.29, 0.717) is 12.1 Å². The Morgan fingerprint density at radius 2 is 1.59 bits per heavy atom. The second-order valence-electron chi connectivity index (χ2n) is 5.17. The van der Waals surface area contributed by atoms with Crippen LogP contribution in [0.1, 0.15) is 21.5 Å². The van der Waals surface area contributed by atoms with E-state index in [9.17, 15) is 4.79 Å². The van der Waals surface area contributed by atoms with Gasteiger partial charge in [-0.3, -0.25) is 4.90 Å². The lowest BCUT2D eigenvalue weighted by Crippen LogP contribution is -2.28. The zero-order valence-corrected chi connectivity index (χ0v) is 12.9. The lowest BCUT2D eigenvalue weighted by molar-refractivity contribution is 0.0600. The summed E-state index contributed by atoms with van der Waals surface area (Å²) in [5.74, 6) is -0.311. The fourth-order valence-electron chi connectivity index (χ4n) is 2.36. The molecule has 0 saturated heterocycles. The van der Waals surface area contributed by atoms with Gasteiger partial charge in [0.1, 0.15) is 0 Å². The van der Waals surface area contributed by atoms with Crippen molar-refractivity contribution < 1.29 is 9.53 Å². The summed E-state index contributed by atoms with van der Waals surface area (Å²) in [6.07, 6.45) is 0. The van der Waals surface area contributed by atoms with Gasteiger partial charge in [-0.1, -0.05) is 42.5 Å². The number of carbonyl (C=O) groups is 1. The summed E-state index contributed by atoms with van der Waals surface area (Å²) in [6.45, 7) is 3.10. The van der Waals surface area contributed by atoms with E-state index < -0.39 is 0 Å². The smallest absolute Gasteiger partial charge is 0.337 e. The van der Waals surface area contributed by atoms with E-state index in [1.165, 1.54) is 12.7 Å². The Bertz CT molecular complexity index is 582. The van der Waals surface area contributed by atoms with E-state index >= 15 is 0 Å². The Morgan fingerprint density at radius 1 is 1.00 bits per heavy atom. The summed E-state index contributed by atoms with van der Waals surface area (Å²) in [5.41, 5.74) is 8.70. The first kappa shape index (κ1) is 16.2. The maximum atomic E-state index is 11.4. The molecular weight excluding hydrogens is 276 g/mol. The summed E-state index contributed by atoms with van der Waals surface area (Å²) in [7, 11) is 1.39. The van der Waals surface area contributed by atoms with Crippen LogP contribution in [-0.4, -0.2) is 31.1 Å². The molecular formula is C18H22N2O2. The van der Waals surface area contributed by atoms with Gasteiger partial charge in [0.2, 0.25) is 0 Å². The summed E-state index contributed by atoms with van der Waals surface area (Å²) in [5, 5.41) is 0. The van der Waals surface area contributed by atoms with Crippen molar-refractivity contribution in [1.29, 1.82) is 0 Å². The lowest BCUT2D eigenvalue weighted by atomic mass is 10.1. The molecule has 0 bridgehead atoms. The van der Waals surface area contributed by atoms with Gasteiger partial charge < -0.3 is 10.5 Å². The summed E-state index contributed by atoms with van der Waals surface area (Å²) < 4.78 is 4.71. The third-order valence-corrected chi connectivity index (χ3v) is 3.48. The summed E-state index contributed by atoms with van der Waals surface area (Å²) in [4.78, 5) is 13.7. The number of hydrogen-bond acceptors (Lipinski definition) is 4. The molecule has 2 rings (SSSR count). The van der Waals surface area contributed by atoms with Crippen LogP contribution in [0.4, 0.5) is 0 Å². The van der Waals surface area contributed by atoms with Crippen molar-refractivity contribution in [2.45, 2.75) is 13.1 Å². The van der Waals surface area contributed by atoms with E-state index in [1.807, 2.05) is 30.3 Å². The van der Waals surface area contributed by atoms with Crippen LogP contribution in [0.15, 0.2) is 54.6 Å². The molecule has 2 aromatic rings. The number of nitrogens with zero attached hydrogens (tertiary/aromatic N) is 1. The fraction of sp³-hybridized carbons (Fsp3) is 0.278. The molecule has 0 radical (unpaired) electrons. The first-order chi connectivity index (χ1) is 10.7. The van der Waals surface area contributed by atoms with Gasteiger partial charge in [-0.25, -0.2) is 4.79 Å². The highest BCUT2D eigenvalue weighted by atomic mass is 16.5. The third-order valence-electron chi connectivity index (χ3n) is 3.48. The molecule has 2 N–H and O–H groups in total. The average molecular weight is 298 g/mol. The predicted molar refractivity (Wildman–Crippen MR) is 87.4 cm³/mol. The zero-order chi connectivity index (χ0) is 15.8. The number of hydrogen-bond donors (Lipinski definition) is 1. The van der Waals surface area contributed by atoms with Gasteiger partial charge in [-0.15, -0.1) is 0 Å². The molecule has 4 heteroatoms. The van der Waals surface area contributed by atoms with Crippen molar-refractivity contribution in [2.24, 2.45) is 5.73 Å². The largest absolute Gasteiger partial charge is 0.465 e. The Hall–Kier alpha value is -2.17. The van der Waals surface area contributed by atoms with Crippen LogP contribution in [0.2, 0.25) is 0 Å². The first-order valence-corrected chi connectivity index (χ1v) is 7.36. The van der Waals surface area contributed by atoms with Crippen molar-refractivity contribution in [3.8, 4) is 0 Å². The molecule has 0 atom stereocenters. The van der Waals surface area contributed by atoms with Crippen LogP contribution in [-0.2, 0) is 17.8 Å². The SMILES string of the molecule is COC(=O)c1ccc(CN(CCN)Cc2ccccc2)cc1. The fourth-order valence-corrected chi connectivity index (χ4v) is 2.36. The van der Waals surface area contributed by atoms with E-state index in [2.05, 4.69) is 17.0 Å². The Morgan fingerprint density at radius 3 is 2.14 bits per heavy atom. The normalized spacial score (nSPS) is 10.7. The van der Waals surface area contributed by atoms with E-state index in [1.54, 1.807) is 12.1 Å². The number of methoxy groups -OCH3 is 1. The van der Waals surface area contributed by atoms with Gasteiger partial charge in [0.15, 0.2) is 0 Å². The van der Waals surface area contributed by atoms with Crippen LogP contribution >= 0.6 is 0 Å². The molecule has 0 aromatic heterocycles. The van der Waals surface area contributed by atoms with Crippen molar-refractivity contribution in [1.82, 2.24) is 4.90 Å². The van der Waals surface area contributed by atoms with Crippen molar-refractivity contribution in [3.05, 3.63) is 71.3 Å². The van der Waals surface area contributed by atoms with Crippen LogP contribution < -0.4 is 5.73 Å². The van der Waals surface area contributed by atoms with E-state index in [-0.39, 0.29) is 5.97 Å². The number of ether oxygens (including phenoxy) is 1. The zero-order valence-electron chi connectivity index (χ0n) is 12.9. The maximum Gasteiger partial charge on any atom is 0.337 e. The third kappa shape index (κ3) is 4.69. The molecule has 4 nitrogen and oxygen atoms in total. The van der Waals surface area contributed by atoms with Crippen molar-refractivity contribution in [2.75, 3.05) is 20.2 Å². The number of carbonyl (C=O) groups excluding carboxylic acids is 1. The van der Waals surface area contributed by atoms with Gasteiger partial charge in [0.25, 0.3) is 0 Å². The number of nitrogens with two attached hydrogens (primary N) is 1. The number of esters is 1. The molecule has 0 heterocycles. The van der Waals surface area contributed by atoms with Crippen LogP contribution in [0.25, 0.3) is 0 Å². The van der Waals surface area contributed by atoms with Crippen LogP contribution in [0.5, 0.6) is 0 Å². The Balaban J connectivity index is 2.02. The molecule has 0 unspecified atom stereocenters. The van der Waals surface area contributed by atoms with Gasteiger partial charge in [-0.05, 0) is 23.3 Å². The number of rotatable bonds is 7. The quantitative estimate of drug-likeness (QED) is 0.798. The molecule has 116 valence electrons. The molecule has 0 aliphatic heterocycles. The van der Waals surface area contributed by atoms with Crippen LogP contribution in [0.3, 0.4) is 0 Å². The highest BCUT2D eigenvalue weighted by Gasteiger charge is 2.08. The van der Waals surface area contributed by atoms with Crippen LogP contribution in [0, 0.1) is 0 Å². The second kappa shape index (κ2) is 8.32. The standard InChI is InChI=1S/C18H22N2O2/c1-22-18(21)17-9-7-16(8-10-17)14-20(12-11-19)13-15-5-3-2-4-6-15/h2-10H,11-14,19H2,1H3. The molecule has 0 saturated carbocycles. The first-order valence-electron chi connectivity index (χ1n) is 7.36. The molecule has 22 heavy (non-hydrogen) atoms. The minimum absolute atomic E-state index is 0.311. The monoisotopic (exact) mass is 298 g/mol. The second-order valence-corrected chi connectivity index (χ2v) is 5.17. The van der Waals surface area contributed by atoms with Crippen molar-refractivity contribution in [3.63, 3.8) is 0 Å². The summed E-state index contributed by atoms with van der Waals surface area (Å²) >= 11 is 0. The minimum Gasteiger partial charge on any atom is -0.465 e. The minimum atomic E-state index is -0.311. The molecule has 0 aliphatic rings. The summed E-state index contributed by atoms with van der Waals surface area (Å²) in [6, 6.07) is 17.8. The molecule has 0 aliphatic carbocycles. The highest BCUT2D eigenvalue weighted by Crippen LogP contribution is 2.11. The molecule has 2 aromatic carbocycles. The van der Waals surface area contributed by atoms with E-state index in [4.69, 9.17) is 10.5 Å². The Labute approximate surface area is 131 Å². The molecule has 0 spiro atoms. The van der Waals surface area contributed by atoms with Gasteiger partial charge in [-0.2, -0.15) is 0 Å². The highest BCUT2D eigenvalue weighted by molar-refractivity contribution is 5.89.